The lowest BCUT2D eigenvalue weighted by molar-refractivity contribution is -0.0150. The average molecular weight is 330 g/mol. The van der Waals surface area contributed by atoms with Gasteiger partial charge in [0.2, 0.25) is 0 Å². The molecule has 0 atom stereocenters. The molecule has 4 aliphatic rings. The summed E-state index contributed by atoms with van der Waals surface area (Å²) in [5.74, 6) is 3.51. The van der Waals surface area contributed by atoms with E-state index in [0.29, 0.717) is 5.39 Å². The van der Waals surface area contributed by atoms with Crippen LogP contribution >= 0.6 is 0 Å². The van der Waals surface area contributed by atoms with Gasteiger partial charge in [0.15, 0.2) is 5.43 Å². The number of hydrogen-bond donors (Lipinski definition) is 0. The first-order valence-corrected chi connectivity index (χ1v) is 9.66. The van der Waals surface area contributed by atoms with Crippen molar-refractivity contribution in [1.82, 2.24) is 0 Å². The summed E-state index contributed by atoms with van der Waals surface area (Å²) in [6, 6.07) is 14.0. The van der Waals surface area contributed by atoms with E-state index in [4.69, 9.17) is 4.42 Å². The Morgan fingerprint density at radius 2 is 1.52 bits per heavy atom. The Balaban J connectivity index is 1.61. The Hall–Kier alpha value is -2.09. The highest BCUT2D eigenvalue weighted by molar-refractivity contribution is 6.03. The molecule has 1 aromatic heterocycles. The van der Waals surface area contributed by atoms with Gasteiger partial charge < -0.3 is 4.42 Å². The lowest BCUT2D eigenvalue weighted by Crippen LogP contribution is -2.48. The van der Waals surface area contributed by atoms with E-state index in [-0.39, 0.29) is 10.8 Å². The van der Waals surface area contributed by atoms with Crippen LogP contribution in [0.3, 0.4) is 0 Å². The van der Waals surface area contributed by atoms with Gasteiger partial charge in [-0.25, -0.2) is 0 Å². The van der Waals surface area contributed by atoms with Crippen molar-refractivity contribution in [3.8, 4) is 0 Å². The summed E-state index contributed by atoms with van der Waals surface area (Å²) < 4.78 is 6.54. The molecular formula is C23H22O2. The fourth-order valence-electron chi connectivity index (χ4n) is 6.56. The summed E-state index contributed by atoms with van der Waals surface area (Å²) in [5.41, 5.74) is 1.04. The van der Waals surface area contributed by atoms with Crippen molar-refractivity contribution in [2.75, 3.05) is 0 Å². The molecule has 2 heteroatoms. The first-order valence-electron chi connectivity index (χ1n) is 9.66. The zero-order chi connectivity index (χ0) is 16.6. The summed E-state index contributed by atoms with van der Waals surface area (Å²) in [6.07, 6.45) is 7.87. The first kappa shape index (κ1) is 14.1. The van der Waals surface area contributed by atoms with E-state index >= 15 is 0 Å². The highest BCUT2D eigenvalue weighted by Crippen LogP contribution is 2.60. The van der Waals surface area contributed by atoms with Crippen LogP contribution in [0, 0.1) is 17.8 Å². The molecule has 0 unspecified atom stereocenters. The molecule has 2 nitrogen and oxygen atoms in total. The smallest absolute Gasteiger partial charge is 0.192 e. The van der Waals surface area contributed by atoms with Crippen LogP contribution in [0.4, 0.5) is 0 Å². The Bertz CT molecular complexity index is 1020. The zero-order valence-corrected chi connectivity index (χ0v) is 14.3. The van der Waals surface area contributed by atoms with E-state index in [1.165, 1.54) is 38.5 Å². The second-order valence-electron chi connectivity index (χ2n) is 8.84. The van der Waals surface area contributed by atoms with E-state index in [0.717, 1.165) is 39.9 Å². The van der Waals surface area contributed by atoms with Crippen molar-refractivity contribution in [3.63, 3.8) is 0 Å². The van der Waals surface area contributed by atoms with Gasteiger partial charge >= 0.3 is 0 Å². The topological polar surface area (TPSA) is 30.2 Å². The SMILES string of the molecule is O=c1cc(C23CC4CC(CC(C4)C2)C3)oc2c1ccc1ccccc12. The molecule has 0 aliphatic heterocycles. The number of hydrogen-bond acceptors (Lipinski definition) is 2. The third-order valence-corrected chi connectivity index (χ3v) is 7.18. The molecule has 2 aromatic carbocycles. The quantitative estimate of drug-likeness (QED) is 0.558. The normalized spacial score (nSPS) is 33.4. The van der Waals surface area contributed by atoms with Crippen LogP contribution in [0.15, 0.2) is 51.7 Å². The fraction of sp³-hybridized carbons (Fsp3) is 0.435. The van der Waals surface area contributed by atoms with Gasteiger partial charge in [-0.05, 0) is 67.7 Å². The van der Waals surface area contributed by atoms with E-state index in [1.54, 1.807) is 0 Å². The molecule has 0 saturated heterocycles. The maximum Gasteiger partial charge on any atom is 0.192 e. The Morgan fingerprint density at radius 1 is 0.840 bits per heavy atom. The lowest BCUT2D eigenvalue weighted by Gasteiger charge is -2.56. The summed E-state index contributed by atoms with van der Waals surface area (Å²) >= 11 is 0. The minimum atomic E-state index is 0.123. The van der Waals surface area contributed by atoms with Crippen LogP contribution in [-0.2, 0) is 5.41 Å². The molecule has 0 N–H and O–H groups in total. The molecule has 126 valence electrons. The molecule has 0 amide bonds. The Morgan fingerprint density at radius 3 is 2.24 bits per heavy atom. The van der Waals surface area contributed by atoms with Gasteiger partial charge in [-0.2, -0.15) is 0 Å². The highest BCUT2D eigenvalue weighted by atomic mass is 16.3. The van der Waals surface area contributed by atoms with Gasteiger partial charge in [0.25, 0.3) is 0 Å². The average Bonchev–Trinajstić information content (AvgIpc) is 2.60. The van der Waals surface area contributed by atoms with Crippen molar-refractivity contribution in [1.29, 1.82) is 0 Å². The van der Waals surface area contributed by atoms with Gasteiger partial charge in [0, 0.05) is 16.9 Å². The standard InChI is InChI=1S/C23H22O2/c24-20-10-21(23-11-14-7-15(12-23)9-16(8-14)13-23)25-22-18-4-2-1-3-17(18)5-6-19(20)22/h1-6,10,14-16H,7-9,11-13H2. The van der Waals surface area contributed by atoms with Crippen molar-refractivity contribution < 1.29 is 4.42 Å². The van der Waals surface area contributed by atoms with Gasteiger partial charge in [0.1, 0.15) is 11.3 Å². The number of benzene rings is 2. The van der Waals surface area contributed by atoms with Crippen molar-refractivity contribution in [3.05, 3.63) is 58.4 Å². The molecular weight excluding hydrogens is 308 g/mol. The van der Waals surface area contributed by atoms with Crippen molar-refractivity contribution in [2.45, 2.75) is 43.9 Å². The maximum absolute atomic E-state index is 12.9. The fourth-order valence-corrected chi connectivity index (χ4v) is 6.56. The molecule has 7 rings (SSSR count). The second-order valence-corrected chi connectivity index (χ2v) is 8.84. The minimum Gasteiger partial charge on any atom is -0.460 e. The molecule has 3 aromatic rings. The summed E-state index contributed by atoms with van der Waals surface area (Å²) in [6.45, 7) is 0. The van der Waals surface area contributed by atoms with Crippen LogP contribution in [0.5, 0.6) is 0 Å². The van der Waals surface area contributed by atoms with E-state index in [1.807, 2.05) is 30.3 Å². The molecule has 4 bridgehead atoms. The highest BCUT2D eigenvalue weighted by Gasteiger charge is 2.53. The predicted octanol–water partition coefficient (Wildman–Crippen LogP) is 5.41. The predicted molar refractivity (Wildman–Crippen MR) is 99.8 cm³/mol. The Labute approximate surface area is 146 Å². The van der Waals surface area contributed by atoms with E-state index < -0.39 is 0 Å². The van der Waals surface area contributed by atoms with Gasteiger partial charge in [-0.1, -0.05) is 30.3 Å². The van der Waals surface area contributed by atoms with Crippen molar-refractivity contribution >= 4 is 21.7 Å². The molecule has 4 fully saturated rings. The number of rotatable bonds is 1. The third kappa shape index (κ3) is 1.94. The monoisotopic (exact) mass is 330 g/mol. The van der Waals surface area contributed by atoms with E-state index in [9.17, 15) is 4.79 Å². The molecule has 0 radical (unpaired) electrons. The van der Waals surface area contributed by atoms with E-state index in [2.05, 4.69) is 12.1 Å². The molecule has 4 saturated carbocycles. The summed E-state index contributed by atoms with van der Waals surface area (Å²) in [7, 11) is 0. The Kier molecular flexibility index (Phi) is 2.68. The minimum absolute atomic E-state index is 0.123. The largest absolute Gasteiger partial charge is 0.460 e. The van der Waals surface area contributed by atoms with Crippen LogP contribution in [0.1, 0.15) is 44.3 Å². The zero-order valence-electron chi connectivity index (χ0n) is 14.3. The first-order chi connectivity index (χ1) is 12.2. The molecule has 0 spiro atoms. The van der Waals surface area contributed by atoms with Gasteiger partial charge in [0.05, 0.1) is 5.39 Å². The molecule has 1 heterocycles. The van der Waals surface area contributed by atoms with Gasteiger partial charge in [-0.3, -0.25) is 4.79 Å². The lowest BCUT2D eigenvalue weighted by atomic mass is 9.49. The van der Waals surface area contributed by atoms with Crippen LogP contribution in [0.2, 0.25) is 0 Å². The maximum atomic E-state index is 12.9. The summed E-state index contributed by atoms with van der Waals surface area (Å²) in [4.78, 5) is 12.9. The van der Waals surface area contributed by atoms with Crippen molar-refractivity contribution in [2.24, 2.45) is 17.8 Å². The summed E-state index contributed by atoms with van der Waals surface area (Å²) in [5, 5.41) is 2.91. The van der Waals surface area contributed by atoms with Crippen LogP contribution in [-0.4, -0.2) is 0 Å². The number of fused-ring (bicyclic) bond motifs is 3. The van der Waals surface area contributed by atoms with Crippen LogP contribution in [0.25, 0.3) is 21.7 Å². The second kappa shape index (κ2) is 4.75. The van der Waals surface area contributed by atoms with Gasteiger partial charge in [-0.15, -0.1) is 0 Å². The molecule has 25 heavy (non-hydrogen) atoms. The molecule has 4 aliphatic carbocycles. The third-order valence-electron chi connectivity index (χ3n) is 7.18. The van der Waals surface area contributed by atoms with Crippen LogP contribution < -0.4 is 5.43 Å².